The second-order valence-electron chi connectivity index (χ2n) is 5.07. The first-order valence-electron chi connectivity index (χ1n) is 6.67. The number of hydrogen-bond donors (Lipinski definition) is 1. The van der Waals surface area contributed by atoms with E-state index in [2.05, 4.69) is 48.0 Å². The lowest BCUT2D eigenvalue weighted by atomic mass is 9.92. The van der Waals surface area contributed by atoms with Gasteiger partial charge in [0.25, 0.3) is 0 Å². The highest BCUT2D eigenvalue weighted by Crippen LogP contribution is 2.28. The molecule has 2 N–H and O–H groups in total. The van der Waals surface area contributed by atoms with Crippen LogP contribution in [0.25, 0.3) is 0 Å². The van der Waals surface area contributed by atoms with Crippen LogP contribution in [0.2, 0.25) is 0 Å². The minimum Gasteiger partial charge on any atom is -0.497 e. The molecule has 1 atom stereocenters. The Morgan fingerprint density at radius 2 is 1.80 bits per heavy atom. The third-order valence-corrected chi connectivity index (χ3v) is 4.38. The Labute approximate surface area is 129 Å². The van der Waals surface area contributed by atoms with E-state index >= 15 is 0 Å². The van der Waals surface area contributed by atoms with Crippen molar-refractivity contribution in [1.82, 2.24) is 0 Å². The van der Waals surface area contributed by atoms with Crippen LogP contribution >= 0.6 is 15.9 Å². The molecule has 0 radical (unpaired) electrons. The van der Waals surface area contributed by atoms with Crippen LogP contribution in [0.3, 0.4) is 0 Å². The molecule has 0 heterocycles. The van der Waals surface area contributed by atoms with Crippen LogP contribution in [0.5, 0.6) is 5.75 Å². The zero-order valence-electron chi connectivity index (χ0n) is 12.1. The van der Waals surface area contributed by atoms with Gasteiger partial charge in [0.15, 0.2) is 0 Å². The molecule has 0 saturated carbocycles. The average Bonchev–Trinajstić information content (AvgIpc) is 2.41. The molecule has 20 heavy (non-hydrogen) atoms. The highest BCUT2D eigenvalue weighted by atomic mass is 79.9. The first-order chi connectivity index (χ1) is 9.52. The fourth-order valence-electron chi connectivity index (χ4n) is 2.59. The van der Waals surface area contributed by atoms with Crippen molar-refractivity contribution in [3.05, 3.63) is 63.1 Å². The van der Waals surface area contributed by atoms with Crippen molar-refractivity contribution in [3.8, 4) is 5.75 Å². The van der Waals surface area contributed by atoms with Gasteiger partial charge in [-0.1, -0.05) is 34.1 Å². The van der Waals surface area contributed by atoms with Crippen molar-refractivity contribution in [2.24, 2.45) is 5.73 Å². The molecule has 0 aromatic heterocycles. The first-order valence-corrected chi connectivity index (χ1v) is 7.46. The van der Waals surface area contributed by atoms with E-state index < -0.39 is 0 Å². The monoisotopic (exact) mass is 333 g/mol. The summed E-state index contributed by atoms with van der Waals surface area (Å²) >= 11 is 3.59. The van der Waals surface area contributed by atoms with E-state index in [1.807, 2.05) is 18.2 Å². The lowest BCUT2D eigenvalue weighted by Crippen LogP contribution is -2.16. The highest BCUT2D eigenvalue weighted by molar-refractivity contribution is 9.10. The van der Waals surface area contributed by atoms with E-state index in [-0.39, 0.29) is 6.04 Å². The van der Waals surface area contributed by atoms with Crippen LogP contribution in [-0.4, -0.2) is 7.11 Å². The Morgan fingerprint density at radius 3 is 2.40 bits per heavy atom. The first kappa shape index (κ1) is 15.1. The maximum absolute atomic E-state index is 6.43. The third kappa shape index (κ3) is 3.22. The average molecular weight is 334 g/mol. The summed E-state index contributed by atoms with van der Waals surface area (Å²) in [5.41, 5.74) is 11.3. The summed E-state index contributed by atoms with van der Waals surface area (Å²) in [6.07, 6.45) is 0.781. The summed E-state index contributed by atoms with van der Waals surface area (Å²) in [6, 6.07) is 12.3. The molecule has 0 aliphatic rings. The minimum atomic E-state index is -0.0143. The Kier molecular flexibility index (Phi) is 4.84. The fraction of sp³-hybridized carbons (Fsp3) is 0.294. The SMILES string of the molecule is COc1ccc(Br)c(CC(N)c2c(C)cccc2C)c1. The predicted molar refractivity (Wildman–Crippen MR) is 87.2 cm³/mol. The highest BCUT2D eigenvalue weighted by Gasteiger charge is 2.14. The van der Waals surface area contributed by atoms with Crippen molar-refractivity contribution >= 4 is 15.9 Å². The number of nitrogens with two attached hydrogens (primary N) is 1. The lowest BCUT2D eigenvalue weighted by molar-refractivity contribution is 0.414. The molecule has 1 unspecified atom stereocenters. The second-order valence-corrected chi connectivity index (χ2v) is 5.93. The van der Waals surface area contributed by atoms with Crippen molar-refractivity contribution in [2.75, 3.05) is 7.11 Å². The quantitative estimate of drug-likeness (QED) is 0.904. The number of methoxy groups -OCH3 is 1. The molecular formula is C17H20BrNO. The van der Waals surface area contributed by atoms with E-state index in [9.17, 15) is 0 Å². The molecule has 0 bridgehead atoms. The van der Waals surface area contributed by atoms with E-state index in [1.165, 1.54) is 22.3 Å². The number of hydrogen-bond acceptors (Lipinski definition) is 2. The van der Waals surface area contributed by atoms with Crippen LogP contribution in [0.4, 0.5) is 0 Å². The summed E-state index contributed by atoms with van der Waals surface area (Å²) in [7, 11) is 1.68. The van der Waals surface area contributed by atoms with Gasteiger partial charge in [0.2, 0.25) is 0 Å². The van der Waals surface area contributed by atoms with Crippen LogP contribution in [0.15, 0.2) is 40.9 Å². The van der Waals surface area contributed by atoms with Gasteiger partial charge in [0.1, 0.15) is 5.75 Å². The molecule has 2 aromatic rings. The molecule has 0 amide bonds. The van der Waals surface area contributed by atoms with Crippen molar-refractivity contribution in [1.29, 1.82) is 0 Å². The zero-order valence-corrected chi connectivity index (χ0v) is 13.7. The minimum absolute atomic E-state index is 0.0143. The summed E-state index contributed by atoms with van der Waals surface area (Å²) in [4.78, 5) is 0. The van der Waals surface area contributed by atoms with Gasteiger partial charge in [-0.25, -0.2) is 0 Å². The molecule has 2 aromatic carbocycles. The Morgan fingerprint density at radius 1 is 1.15 bits per heavy atom. The van der Waals surface area contributed by atoms with E-state index in [0.717, 1.165) is 16.6 Å². The van der Waals surface area contributed by atoms with Gasteiger partial charge in [-0.05, 0) is 60.7 Å². The standard InChI is InChI=1S/C17H20BrNO/c1-11-5-4-6-12(2)17(11)16(19)10-13-9-14(20-3)7-8-15(13)18/h4-9,16H,10,19H2,1-3H3. The summed E-state index contributed by atoms with van der Waals surface area (Å²) in [5.74, 6) is 0.858. The van der Waals surface area contributed by atoms with Crippen LogP contribution in [0.1, 0.15) is 28.3 Å². The van der Waals surface area contributed by atoms with E-state index in [4.69, 9.17) is 10.5 Å². The summed E-state index contributed by atoms with van der Waals surface area (Å²) in [5, 5.41) is 0. The zero-order chi connectivity index (χ0) is 14.7. The number of ether oxygens (including phenoxy) is 1. The van der Waals surface area contributed by atoms with E-state index in [0.29, 0.717) is 0 Å². The number of rotatable bonds is 4. The maximum atomic E-state index is 6.43. The molecular weight excluding hydrogens is 314 g/mol. The molecule has 0 aliphatic carbocycles. The van der Waals surface area contributed by atoms with E-state index in [1.54, 1.807) is 7.11 Å². The van der Waals surface area contributed by atoms with Crippen molar-refractivity contribution in [3.63, 3.8) is 0 Å². The van der Waals surface area contributed by atoms with Gasteiger partial charge in [-0.2, -0.15) is 0 Å². The third-order valence-electron chi connectivity index (χ3n) is 3.61. The Hall–Kier alpha value is -1.32. The molecule has 0 fully saturated rings. The number of halogens is 1. The lowest BCUT2D eigenvalue weighted by Gasteiger charge is -2.18. The summed E-state index contributed by atoms with van der Waals surface area (Å²) < 4.78 is 6.35. The molecule has 2 nitrogen and oxygen atoms in total. The fourth-order valence-corrected chi connectivity index (χ4v) is 2.99. The second kappa shape index (κ2) is 6.42. The van der Waals surface area contributed by atoms with Crippen LogP contribution in [0, 0.1) is 13.8 Å². The smallest absolute Gasteiger partial charge is 0.119 e. The van der Waals surface area contributed by atoms with Crippen LogP contribution < -0.4 is 10.5 Å². The predicted octanol–water partition coefficient (Wildman–Crippen LogP) is 4.32. The largest absolute Gasteiger partial charge is 0.497 e. The van der Waals surface area contributed by atoms with Gasteiger partial charge >= 0.3 is 0 Å². The topological polar surface area (TPSA) is 35.2 Å². The van der Waals surface area contributed by atoms with Gasteiger partial charge in [-0.15, -0.1) is 0 Å². The van der Waals surface area contributed by atoms with Gasteiger partial charge in [0, 0.05) is 10.5 Å². The van der Waals surface area contributed by atoms with Crippen LogP contribution in [-0.2, 0) is 6.42 Å². The van der Waals surface area contributed by atoms with Gasteiger partial charge in [0.05, 0.1) is 7.11 Å². The number of benzene rings is 2. The van der Waals surface area contributed by atoms with Gasteiger partial charge in [-0.3, -0.25) is 0 Å². The van der Waals surface area contributed by atoms with Crippen molar-refractivity contribution in [2.45, 2.75) is 26.3 Å². The Balaban J connectivity index is 2.30. The molecule has 106 valence electrons. The maximum Gasteiger partial charge on any atom is 0.119 e. The molecule has 0 spiro atoms. The molecule has 0 saturated heterocycles. The Bertz CT molecular complexity index is 590. The normalized spacial score (nSPS) is 12.2. The summed E-state index contributed by atoms with van der Waals surface area (Å²) in [6.45, 7) is 4.23. The van der Waals surface area contributed by atoms with Crippen molar-refractivity contribution < 1.29 is 4.74 Å². The molecule has 3 heteroatoms. The molecule has 0 aliphatic heterocycles. The van der Waals surface area contributed by atoms with Gasteiger partial charge < -0.3 is 10.5 Å². The number of aryl methyl sites for hydroxylation is 2. The molecule has 2 rings (SSSR count).